The molecule has 2 heteroatoms. The van der Waals surface area contributed by atoms with E-state index in [0.717, 1.165) is 17.9 Å². The van der Waals surface area contributed by atoms with E-state index in [0.29, 0.717) is 0 Å². The quantitative estimate of drug-likeness (QED) is 0.471. The second kappa shape index (κ2) is 6.00. The van der Waals surface area contributed by atoms with E-state index in [1.807, 2.05) is 11.8 Å². The van der Waals surface area contributed by atoms with Crippen molar-refractivity contribution in [2.45, 2.75) is 19.4 Å². The lowest BCUT2D eigenvalue weighted by molar-refractivity contribution is 0.815. The van der Waals surface area contributed by atoms with Crippen molar-refractivity contribution >= 4 is 11.8 Å². The molecule has 0 aromatic carbocycles. The fraction of sp³-hybridized carbons (Fsp3) is 0.714. The lowest BCUT2D eigenvalue weighted by Crippen LogP contribution is -2.17. The molecule has 0 heterocycles. The monoisotopic (exact) mass is 143 g/mol. The van der Waals surface area contributed by atoms with Crippen LogP contribution in [-0.4, -0.2) is 17.5 Å². The van der Waals surface area contributed by atoms with Crippen molar-refractivity contribution in [1.29, 1.82) is 0 Å². The maximum atomic E-state index is 5.46. The normalized spacial score (nSPS) is 12.6. The molecule has 0 saturated carbocycles. The Morgan fingerprint density at radius 1 is 1.78 bits per heavy atom. The van der Waals surface area contributed by atoms with Gasteiger partial charge in [0.25, 0.3) is 0 Å². The standard InChI is InChI=1S/C7H13NS/c1-3-7(8)5-6-9-4-2/h1,7H,4-6,8H2,2H3. The van der Waals surface area contributed by atoms with Gasteiger partial charge in [0, 0.05) is 0 Å². The predicted molar refractivity (Wildman–Crippen MR) is 44.4 cm³/mol. The molecule has 0 aromatic heterocycles. The lowest BCUT2D eigenvalue weighted by atomic mass is 10.3. The largest absolute Gasteiger partial charge is 0.318 e. The SMILES string of the molecule is C#CC(N)CCSCC. The summed E-state index contributed by atoms with van der Waals surface area (Å²) in [6.45, 7) is 2.13. The van der Waals surface area contributed by atoms with Crippen LogP contribution in [0.3, 0.4) is 0 Å². The first-order valence-corrected chi connectivity index (χ1v) is 4.26. The summed E-state index contributed by atoms with van der Waals surface area (Å²) in [5.41, 5.74) is 5.46. The molecule has 1 unspecified atom stereocenters. The molecular formula is C7H13NS. The molecule has 0 amide bonds. The van der Waals surface area contributed by atoms with E-state index < -0.39 is 0 Å². The van der Waals surface area contributed by atoms with Crippen molar-refractivity contribution in [2.75, 3.05) is 11.5 Å². The summed E-state index contributed by atoms with van der Waals surface area (Å²) in [4.78, 5) is 0. The van der Waals surface area contributed by atoms with Gasteiger partial charge in [-0.25, -0.2) is 0 Å². The van der Waals surface area contributed by atoms with E-state index in [4.69, 9.17) is 12.2 Å². The van der Waals surface area contributed by atoms with Crippen molar-refractivity contribution in [1.82, 2.24) is 0 Å². The molecule has 0 aromatic rings. The first kappa shape index (κ1) is 8.87. The number of rotatable bonds is 4. The third kappa shape index (κ3) is 5.75. The third-order valence-electron chi connectivity index (χ3n) is 0.991. The zero-order valence-corrected chi connectivity index (χ0v) is 6.58. The van der Waals surface area contributed by atoms with Gasteiger partial charge in [0.1, 0.15) is 0 Å². The Kier molecular flexibility index (Phi) is 5.91. The van der Waals surface area contributed by atoms with Crippen LogP contribution in [0.15, 0.2) is 0 Å². The number of nitrogens with two attached hydrogens (primary N) is 1. The van der Waals surface area contributed by atoms with Crippen molar-refractivity contribution in [2.24, 2.45) is 5.73 Å². The van der Waals surface area contributed by atoms with Gasteiger partial charge >= 0.3 is 0 Å². The Hall–Kier alpha value is -0.130. The Morgan fingerprint density at radius 2 is 2.44 bits per heavy atom. The Balaban J connectivity index is 2.99. The van der Waals surface area contributed by atoms with Gasteiger partial charge in [-0.2, -0.15) is 11.8 Å². The van der Waals surface area contributed by atoms with Crippen LogP contribution in [0.2, 0.25) is 0 Å². The molecule has 1 atom stereocenters. The first-order valence-electron chi connectivity index (χ1n) is 3.10. The van der Waals surface area contributed by atoms with Crippen LogP contribution in [0.5, 0.6) is 0 Å². The number of thioether (sulfide) groups is 1. The fourth-order valence-electron chi connectivity index (χ4n) is 0.438. The molecule has 1 nitrogen and oxygen atoms in total. The number of hydrogen-bond donors (Lipinski definition) is 1. The average molecular weight is 143 g/mol. The van der Waals surface area contributed by atoms with Crippen LogP contribution in [0, 0.1) is 12.3 Å². The Labute approximate surface area is 61.4 Å². The first-order chi connectivity index (χ1) is 4.31. The van der Waals surface area contributed by atoms with E-state index in [-0.39, 0.29) is 6.04 Å². The molecular weight excluding hydrogens is 130 g/mol. The summed E-state index contributed by atoms with van der Waals surface area (Å²) in [6, 6.07) is -0.0379. The highest BCUT2D eigenvalue weighted by Crippen LogP contribution is 2.01. The van der Waals surface area contributed by atoms with Gasteiger partial charge in [-0.05, 0) is 17.9 Å². The van der Waals surface area contributed by atoms with E-state index in [2.05, 4.69) is 12.8 Å². The highest BCUT2D eigenvalue weighted by atomic mass is 32.2. The minimum Gasteiger partial charge on any atom is -0.318 e. The molecule has 0 saturated heterocycles. The molecule has 0 aliphatic rings. The van der Waals surface area contributed by atoms with Gasteiger partial charge in [0.2, 0.25) is 0 Å². The van der Waals surface area contributed by atoms with Crippen LogP contribution in [0.25, 0.3) is 0 Å². The zero-order valence-electron chi connectivity index (χ0n) is 5.76. The lowest BCUT2D eigenvalue weighted by Gasteiger charge is -2.00. The smallest absolute Gasteiger partial charge is 0.0669 e. The summed E-state index contributed by atoms with van der Waals surface area (Å²) in [5, 5.41) is 0. The zero-order chi connectivity index (χ0) is 7.11. The topological polar surface area (TPSA) is 26.0 Å². The summed E-state index contributed by atoms with van der Waals surface area (Å²) >= 11 is 1.88. The summed E-state index contributed by atoms with van der Waals surface area (Å²) < 4.78 is 0. The molecule has 2 N–H and O–H groups in total. The second-order valence-electron chi connectivity index (χ2n) is 1.76. The second-order valence-corrected chi connectivity index (χ2v) is 3.15. The number of hydrogen-bond acceptors (Lipinski definition) is 2. The minimum absolute atomic E-state index is 0.0379. The molecule has 0 bridgehead atoms. The van der Waals surface area contributed by atoms with Crippen molar-refractivity contribution in [3.05, 3.63) is 0 Å². The van der Waals surface area contributed by atoms with E-state index in [9.17, 15) is 0 Å². The van der Waals surface area contributed by atoms with Gasteiger partial charge in [-0.1, -0.05) is 12.8 Å². The van der Waals surface area contributed by atoms with Crippen LogP contribution >= 0.6 is 11.8 Å². The molecule has 0 fully saturated rings. The molecule has 0 aliphatic heterocycles. The molecule has 0 radical (unpaired) electrons. The average Bonchev–Trinajstić information content (AvgIpc) is 1.89. The molecule has 0 spiro atoms. The van der Waals surface area contributed by atoms with Gasteiger partial charge in [-0.3, -0.25) is 0 Å². The van der Waals surface area contributed by atoms with Crippen LogP contribution in [0.1, 0.15) is 13.3 Å². The molecule has 0 rings (SSSR count). The van der Waals surface area contributed by atoms with Crippen LogP contribution in [-0.2, 0) is 0 Å². The maximum absolute atomic E-state index is 5.46. The van der Waals surface area contributed by atoms with Crippen molar-refractivity contribution in [3.63, 3.8) is 0 Å². The van der Waals surface area contributed by atoms with Gasteiger partial charge in [-0.15, -0.1) is 6.42 Å². The van der Waals surface area contributed by atoms with Crippen molar-refractivity contribution < 1.29 is 0 Å². The minimum atomic E-state index is -0.0379. The van der Waals surface area contributed by atoms with Gasteiger partial charge < -0.3 is 5.73 Å². The summed E-state index contributed by atoms with van der Waals surface area (Å²) in [5.74, 6) is 4.72. The predicted octanol–water partition coefficient (Wildman–Crippen LogP) is 1.09. The van der Waals surface area contributed by atoms with E-state index in [1.165, 1.54) is 0 Å². The summed E-state index contributed by atoms with van der Waals surface area (Å²) in [6.07, 6.45) is 6.01. The number of terminal acetylenes is 1. The molecule has 52 valence electrons. The van der Waals surface area contributed by atoms with Crippen LogP contribution in [0.4, 0.5) is 0 Å². The van der Waals surface area contributed by atoms with Gasteiger partial charge in [0.15, 0.2) is 0 Å². The van der Waals surface area contributed by atoms with Gasteiger partial charge in [0.05, 0.1) is 6.04 Å². The fourth-order valence-corrected chi connectivity index (χ4v) is 1.15. The van der Waals surface area contributed by atoms with E-state index in [1.54, 1.807) is 0 Å². The third-order valence-corrected chi connectivity index (χ3v) is 1.92. The Bertz CT molecular complexity index is 95.6. The highest BCUT2D eigenvalue weighted by Gasteiger charge is 1.94. The maximum Gasteiger partial charge on any atom is 0.0669 e. The molecule has 9 heavy (non-hydrogen) atoms. The van der Waals surface area contributed by atoms with E-state index >= 15 is 0 Å². The summed E-state index contributed by atoms with van der Waals surface area (Å²) in [7, 11) is 0. The Morgan fingerprint density at radius 3 is 2.89 bits per heavy atom. The highest BCUT2D eigenvalue weighted by molar-refractivity contribution is 7.99. The van der Waals surface area contributed by atoms with Crippen LogP contribution < -0.4 is 5.73 Å². The molecule has 0 aliphatic carbocycles. The van der Waals surface area contributed by atoms with Crippen molar-refractivity contribution in [3.8, 4) is 12.3 Å².